The van der Waals surface area contributed by atoms with Gasteiger partial charge in [-0.15, -0.1) is 0 Å². The monoisotopic (exact) mass is 314 g/mol. The molecule has 0 atom stereocenters. The van der Waals surface area contributed by atoms with Gasteiger partial charge < -0.3 is 15.3 Å². The number of anilines is 3. The van der Waals surface area contributed by atoms with Gasteiger partial charge in [0.1, 0.15) is 5.75 Å². The van der Waals surface area contributed by atoms with Crippen LogP contribution in [0.5, 0.6) is 5.75 Å². The molecular weight excluding hydrogens is 305 g/mol. The fourth-order valence-electron chi connectivity index (χ4n) is 2.27. The highest BCUT2D eigenvalue weighted by Gasteiger charge is 2.33. The smallest absolute Gasteiger partial charge is 0.416 e. The van der Waals surface area contributed by atoms with E-state index in [4.69, 9.17) is 11.6 Å². The Morgan fingerprint density at radius 3 is 2.57 bits per heavy atom. The Bertz CT molecular complexity index is 703. The molecule has 0 aliphatic carbocycles. The highest BCUT2D eigenvalue weighted by molar-refractivity contribution is 6.31. The summed E-state index contributed by atoms with van der Waals surface area (Å²) in [4.78, 5) is 1.66. The zero-order valence-corrected chi connectivity index (χ0v) is 11.3. The maximum atomic E-state index is 12.7. The minimum absolute atomic E-state index is 0.00829. The van der Waals surface area contributed by atoms with Crippen molar-refractivity contribution in [2.75, 3.05) is 16.9 Å². The van der Waals surface area contributed by atoms with Gasteiger partial charge in [-0.25, -0.2) is 0 Å². The van der Waals surface area contributed by atoms with Crippen LogP contribution in [-0.2, 0) is 6.18 Å². The fraction of sp³-hybridized carbons (Fsp3) is 0.143. The number of fused-ring (bicyclic) bond motifs is 1. The van der Waals surface area contributed by atoms with E-state index in [0.717, 1.165) is 12.1 Å². The van der Waals surface area contributed by atoms with E-state index in [-0.39, 0.29) is 12.4 Å². The van der Waals surface area contributed by atoms with Gasteiger partial charge >= 0.3 is 6.18 Å². The number of nitrogens with zero attached hydrogens (tertiary/aromatic N) is 1. The van der Waals surface area contributed by atoms with Gasteiger partial charge in [0.05, 0.1) is 29.3 Å². The summed E-state index contributed by atoms with van der Waals surface area (Å²) in [5.74, 6) is 0.00829. The topological polar surface area (TPSA) is 35.5 Å². The molecule has 0 saturated heterocycles. The molecule has 1 aliphatic heterocycles. The first-order valence-corrected chi connectivity index (χ1v) is 6.45. The normalized spacial score (nSPS) is 14.0. The lowest BCUT2D eigenvalue weighted by molar-refractivity contribution is -0.137. The molecule has 0 unspecified atom stereocenters. The fourth-order valence-corrected chi connectivity index (χ4v) is 2.43. The molecule has 0 fully saturated rings. The van der Waals surface area contributed by atoms with E-state index >= 15 is 0 Å². The summed E-state index contributed by atoms with van der Waals surface area (Å²) in [6.07, 6.45) is -4.39. The van der Waals surface area contributed by atoms with Crippen LogP contribution in [0.4, 0.5) is 30.2 Å². The highest BCUT2D eigenvalue weighted by Crippen LogP contribution is 2.43. The molecule has 2 aromatic carbocycles. The molecule has 0 radical (unpaired) electrons. The second kappa shape index (κ2) is 4.73. The van der Waals surface area contributed by atoms with Gasteiger partial charge in [0.15, 0.2) is 0 Å². The molecule has 110 valence electrons. The second-order valence-corrected chi connectivity index (χ2v) is 5.06. The Hall–Kier alpha value is -2.08. The molecule has 0 spiro atoms. The summed E-state index contributed by atoms with van der Waals surface area (Å²) in [7, 11) is 0. The average molecular weight is 315 g/mol. The number of phenolic OH excluding ortho intramolecular Hbond substituents is 1. The molecule has 0 saturated carbocycles. The zero-order chi connectivity index (χ0) is 15.2. The first kappa shape index (κ1) is 13.9. The summed E-state index contributed by atoms with van der Waals surface area (Å²) in [6, 6.07) is 7.98. The number of aromatic hydroxyl groups is 1. The highest BCUT2D eigenvalue weighted by atomic mass is 35.5. The third-order valence-electron chi connectivity index (χ3n) is 3.27. The maximum Gasteiger partial charge on any atom is 0.416 e. The summed E-state index contributed by atoms with van der Waals surface area (Å²) in [5, 5.41) is 13.2. The zero-order valence-electron chi connectivity index (χ0n) is 10.6. The number of phenols is 1. The van der Waals surface area contributed by atoms with E-state index in [0.29, 0.717) is 22.1 Å². The first-order chi connectivity index (χ1) is 9.86. The van der Waals surface area contributed by atoms with Crippen molar-refractivity contribution < 1.29 is 18.3 Å². The molecule has 0 aromatic heterocycles. The minimum atomic E-state index is -4.39. The molecule has 2 aromatic rings. The Labute approximate surface area is 123 Å². The largest absolute Gasteiger partial charge is 0.506 e. The second-order valence-electron chi connectivity index (χ2n) is 4.63. The summed E-state index contributed by atoms with van der Waals surface area (Å²) in [5.41, 5.74) is 0.643. The number of nitrogens with one attached hydrogen (secondary N) is 1. The van der Waals surface area contributed by atoms with E-state index in [2.05, 4.69) is 5.32 Å². The van der Waals surface area contributed by atoms with Gasteiger partial charge in [-0.1, -0.05) is 11.6 Å². The average Bonchev–Trinajstić information content (AvgIpc) is 2.83. The minimum Gasteiger partial charge on any atom is -0.506 e. The van der Waals surface area contributed by atoms with Crippen molar-refractivity contribution in [3.8, 4) is 5.75 Å². The van der Waals surface area contributed by atoms with E-state index in [1.54, 1.807) is 11.0 Å². The number of benzene rings is 2. The van der Waals surface area contributed by atoms with Crippen molar-refractivity contribution in [3.63, 3.8) is 0 Å². The van der Waals surface area contributed by atoms with Crippen LogP contribution in [0, 0.1) is 0 Å². The SMILES string of the molecule is Oc1ccc(Cl)cc1N1CNc2cc(C(F)(F)F)ccc21. The summed E-state index contributed by atoms with van der Waals surface area (Å²) in [6.45, 7) is 0.255. The van der Waals surface area contributed by atoms with Crippen LogP contribution in [0.3, 0.4) is 0 Å². The van der Waals surface area contributed by atoms with Crippen LogP contribution in [0.1, 0.15) is 5.56 Å². The molecule has 3 nitrogen and oxygen atoms in total. The van der Waals surface area contributed by atoms with Gasteiger partial charge in [-0.2, -0.15) is 13.2 Å². The summed E-state index contributed by atoms with van der Waals surface area (Å²) < 4.78 is 38.1. The van der Waals surface area contributed by atoms with E-state index in [1.165, 1.54) is 18.2 Å². The van der Waals surface area contributed by atoms with Gasteiger partial charge in [0, 0.05) is 5.02 Å². The predicted molar refractivity (Wildman–Crippen MR) is 75.2 cm³/mol. The van der Waals surface area contributed by atoms with Crippen molar-refractivity contribution in [2.24, 2.45) is 0 Å². The first-order valence-electron chi connectivity index (χ1n) is 6.07. The quantitative estimate of drug-likeness (QED) is 0.808. The Balaban J connectivity index is 2.03. The van der Waals surface area contributed by atoms with Crippen LogP contribution in [0.15, 0.2) is 36.4 Å². The molecular formula is C14H10ClF3N2O. The molecule has 3 rings (SSSR count). The van der Waals surface area contributed by atoms with Crippen molar-refractivity contribution in [3.05, 3.63) is 47.0 Å². The van der Waals surface area contributed by atoms with Gasteiger partial charge in [-0.05, 0) is 36.4 Å². The Morgan fingerprint density at radius 1 is 1.10 bits per heavy atom. The number of halogens is 4. The van der Waals surface area contributed by atoms with Crippen LogP contribution in [0.2, 0.25) is 5.02 Å². The lowest BCUT2D eigenvalue weighted by atomic mass is 10.1. The van der Waals surface area contributed by atoms with E-state index < -0.39 is 11.7 Å². The van der Waals surface area contributed by atoms with Crippen molar-refractivity contribution in [1.29, 1.82) is 0 Å². The van der Waals surface area contributed by atoms with E-state index in [9.17, 15) is 18.3 Å². The molecule has 1 heterocycles. The molecule has 0 bridgehead atoms. The molecule has 1 aliphatic rings. The van der Waals surface area contributed by atoms with Crippen molar-refractivity contribution in [2.45, 2.75) is 6.18 Å². The number of hydrogen-bond acceptors (Lipinski definition) is 3. The van der Waals surface area contributed by atoms with Gasteiger partial charge in [0.25, 0.3) is 0 Å². The van der Waals surface area contributed by atoms with Crippen molar-refractivity contribution in [1.82, 2.24) is 0 Å². The Kier molecular flexibility index (Phi) is 3.13. The maximum absolute atomic E-state index is 12.7. The molecule has 21 heavy (non-hydrogen) atoms. The van der Waals surface area contributed by atoms with Crippen LogP contribution < -0.4 is 10.2 Å². The third kappa shape index (κ3) is 2.47. The lowest BCUT2D eigenvalue weighted by Gasteiger charge is -2.19. The van der Waals surface area contributed by atoms with Gasteiger partial charge in [-0.3, -0.25) is 0 Å². The Morgan fingerprint density at radius 2 is 1.86 bits per heavy atom. The third-order valence-corrected chi connectivity index (χ3v) is 3.51. The van der Waals surface area contributed by atoms with Gasteiger partial charge in [0.2, 0.25) is 0 Å². The van der Waals surface area contributed by atoms with E-state index in [1.807, 2.05) is 0 Å². The van der Waals surface area contributed by atoms with Crippen molar-refractivity contribution >= 4 is 28.7 Å². The molecule has 7 heteroatoms. The number of hydrogen-bond donors (Lipinski definition) is 2. The van der Waals surface area contributed by atoms with Crippen LogP contribution in [0.25, 0.3) is 0 Å². The lowest BCUT2D eigenvalue weighted by Crippen LogP contribution is -2.16. The van der Waals surface area contributed by atoms with Crippen LogP contribution >= 0.6 is 11.6 Å². The van der Waals surface area contributed by atoms with Crippen LogP contribution in [-0.4, -0.2) is 11.8 Å². The molecule has 0 amide bonds. The number of alkyl halides is 3. The standard InChI is InChI=1S/C14H10ClF3N2O/c15-9-2-4-13(21)12(6-9)20-7-19-10-5-8(14(16,17)18)1-3-11(10)20/h1-6,19,21H,7H2. The molecule has 2 N–H and O–H groups in total. The number of rotatable bonds is 1. The summed E-state index contributed by atoms with van der Waals surface area (Å²) >= 11 is 5.90. The predicted octanol–water partition coefficient (Wildman–Crippen LogP) is 4.59.